The first-order valence-corrected chi connectivity index (χ1v) is 6.86. The summed E-state index contributed by atoms with van der Waals surface area (Å²) < 4.78 is 13.0. The van der Waals surface area contributed by atoms with E-state index in [1.54, 1.807) is 6.07 Å². The van der Waals surface area contributed by atoms with Crippen molar-refractivity contribution >= 4 is 24.0 Å². The maximum Gasteiger partial charge on any atom is 0.124 e. The first-order valence-electron chi connectivity index (χ1n) is 6.48. The van der Waals surface area contributed by atoms with Crippen LogP contribution in [0.15, 0.2) is 18.2 Å². The minimum atomic E-state index is -0.282. The molecule has 2 nitrogen and oxygen atoms in total. The smallest absolute Gasteiger partial charge is 0.124 e. The highest BCUT2D eigenvalue weighted by Crippen LogP contribution is 2.23. The first-order chi connectivity index (χ1) is 8.56. The average molecular weight is 307 g/mol. The third kappa shape index (κ3) is 4.60. The highest BCUT2D eigenvalue weighted by molar-refractivity contribution is 6.31. The van der Waals surface area contributed by atoms with Crippen molar-refractivity contribution in [2.45, 2.75) is 32.4 Å². The number of rotatable bonds is 3. The molecule has 0 saturated carbocycles. The summed E-state index contributed by atoms with van der Waals surface area (Å²) in [5.74, 6) is 0.272. The number of likely N-dealkylation sites (tertiary alicyclic amines) is 1. The number of halogens is 3. The third-order valence-corrected chi connectivity index (χ3v) is 4.05. The van der Waals surface area contributed by atoms with Crippen LogP contribution in [0.4, 0.5) is 4.39 Å². The van der Waals surface area contributed by atoms with Gasteiger partial charge in [-0.1, -0.05) is 17.7 Å². The van der Waals surface area contributed by atoms with Crippen molar-refractivity contribution in [2.24, 2.45) is 11.7 Å². The molecule has 19 heavy (non-hydrogen) atoms. The zero-order valence-corrected chi connectivity index (χ0v) is 12.7. The fourth-order valence-electron chi connectivity index (χ4n) is 2.55. The van der Waals surface area contributed by atoms with Gasteiger partial charge < -0.3 is 5.73 Å². The standard InChI is InChI=1S/C14H20ClFN2.ClH/c1-10(17)11-3-2-6-18(8-11)9-12-4-5-13(16)7-14(12)15;/h4-5,7,10-11H,2-3,6,8-9,17H2,1H3;1H. The summed E-state index contributed by atoms with van der Waals surface area (Å²) in [5.41, 5.74) is 6.96. The first kappa shape index (κ1) is 16.7. The average Bonchev–Trinajstić information content (AvgIpc) is 2.33. The molecule has 1 aliphatic heterocycles. The van der Waals surface area contributed by atoms with Crippen LogP contribution in [0.25, 0.3) is 0 Å². The van der Waals surface area contributed by atoms with Crippen molar-refractivity contribution in [1.29, 1.82) is 0 Å². The SMILES string of the molecule is CC(N)C1CCCN(Cc2ccc(F)cc2Cl)C1.Cl. The molecule has 1 saturated heterocycles. The van der Waals surface area contributed by atoms with Crippen LogP contribution < -0.4 is 5.73 Å². The number of piperidine rings is 1. The molecule has 2 N–H and O–H groups in total. The molecule has 1 fully saturated rings. The molecular formula is C14H21Cl2FN2. The van der Waals surface area contributed by atoms with Gasteiger partial charge in [-0.05, 0) is 49.9 Å². The molecule has 0 spiro atoms. The summed E-state index contributed by atoms with van der Waals surface area (Å²) in [6, 6.07) is 4.85. The lowest BCUT2D eigenvalue weighted by Crippen LogP contribution is -2.41. The molecule has 108 valence electrons. The molecular weight excluding hydrogens is 286 g/mol. The van der Waals surface area contributed by atoms with E-state index < -0.39 is 0 Å². The largest absolute Gasteiger partial charge is 0.328 e. The summed E-state index contributed by atoms with van der Waals surface area (Å²) in [6.07, 6.45) is 2.37. The van der Waals surface area contributed by atoms with E-state index in [2.05, 4.69) is 11.8 Å². The maximum atomic E-state index is 13.0. The van der Waals surface area contributed by atoms with Gasteiger partial charge in [-0.15, -0.1) is 12.4 Å². The van der Waals surface area contributed by atoms with Crippen molar-refractivity contribution in [2.75, 3.05) is 13.1 Å². The minimum Gasteiger partial charge on any atom is -0.328 e. The highest BCUT2D eigenvalue weighted by atomic mass is 35.5. The summed E-state index contributed by atoms with van der Waals surface area (Å²) in [5, 5.41) is 0.512. The van der Waals surface area contributed by atoms with E-state index in [4.69, 9.17) is 17.3 Å². The van der Waals surface area contributed by atoms with Gasteiger partial charge >= 0.3 is 0 Å². The maximum absolute atomic E-state index is 13.0. The number of nitrogens with two attached hydrogens (primary N) is 1. The topological polar surface area (TPSA) is 29.3 Å². The molecule has 1 aliphatic rings. The van der Waals surface area contributed by atoms with Gasteiger partial charge in [0.05, 0.1) is 0 Å². The second kappa shape index (κ2) is 7.44. The molecule has 0 aromatic heterocycles. The van der Waals surface area contributed by atoms with Crippen molar-refractivity contribution in [1.82, 2.24) is 4.90 Å². The van der Waals surface area contributed by atoms with Gasteiger partial charge in [0.25, 0.3) is 0 Å². The van der Waals surface area contributed by atoms with Crippen LogP contribution in [-0.2, 0) is 6.54 Å². The summed E-state index contributed by atoms with van der Waals surface area (Å²) >= 11 is 6.06. The Morgan fingerprint density at radius 3 is 2.89 bits per heavy atom. The predicted molar refractivity (Wildman–Crippen MR) is 80.3 cm³/mol. The van der Waals surface area contributed by atoms with Gasteiger partial charge in [0.15, 0.2) is 0 Å². The Bertz CT molecular complexity index is 412. The number of hydrogen-bond acceptors (Lipinski definition) is 2. The number of hydrogen-bond donors (Lipinski definition) is 1. The monoisotopic (exact) mass is 306 g/mol. The highest BCUT2D eigenvalue weighted by Gasteiger charge is 2.23. The number of nitrogens with zero attached hydrogens (tertiary/aromatic N) is 1. The Morgan fingerprint density at radius 1 is 1.53 bits per heavy atom. The van der Waals surface area contributed by atoms with E-state index in [0.29, 0.717) is 10.9 Å². The summed E-state index contributed by atoms with van der Waals surface area (Å²) in [7, 11) is 0. The van der Waals surface area contributed by atoms with Gasteiger partial charge in [-0.25, -0.2) is 4.39 Å². The zero-order valence-electron chi connectivity index (χ0n) is 11.1. The van der Waals surface area contributed by atoms with Crippen LogP contribution in [0.2, 0.25) is 5.02 Å². The normalized spacial score (nSPS) is 21.8. The molecule has 0 amide bonds. The van der Waals surface area contributed by atoms with Gasteiger partial charge in [-0.3, -0.25) is 4.90 Å². The molecule has 1 heterocycles. The third-order valence-electron chi connectivity index (χ3n) is 3.69. The van der Waals surface area contributed by atoms with Crippen LogP contribution >= 0.6 is 24.0 Å². The fraction of sp³-hybridized carbons (Fsp3) is 0.571. The van der Waals surface area contributed by atoms with Crippen LogP contribution in [0.5, 0.6) is 0 Å². The molecule has 0 radical (unpaired) electrons. The van der Waals surface area contributed by atoms with Crippen molar-refractivity contribution in [3.63, 3.8) is 0 Å². The zero-order chi connectivity index (χ0) is 13.1. The Hall–Kier alpha value is -0.350. The minimum absolute atomic E-state index is 0. The predicted octanol–water partition coefficient (Wildman–Crippen LogP) is 3.46. The molecule has 5 heteroatoms. The van der Waals surface area contributed by atoms with E-state index in [1.165, 1.54) is 25.0 Å². The Kier molecular flexibility index (Phi) is 6.54. The Labute approximate surface area is 125 Å². The van der Waals surface area contributed by atoms with Crippen molar-refractivity contribution in [3.05, 3.63) is 34.6 Å². The van der Waals surface area contributed by atoms with E-state index in [9.17, 15) is 4.39 Å². The number of benzene rings is 1. The van der Waals surface area contributed by atoms with Crippen molar-refractivity contribution in [3.8, 4) is 0 Å². The molecule has 2 unspecified atom stereocenters. The van der Waals surface area contributed by atoms with Gasteiger partial charge in [0.2, 0.25) is 0 Å². The van der Waals surface area contributed by atoms with Crippen LogP contribution in [0.3, 0.4) is 0 Å². The van der Waals surface area contributed by atoms with Crippen LogP contribution in [0.1, 0.15) is 25.3 Å². The summed E-state index contributed by atoms with van der Waals surface area (Å²) in [6.45, 7) is 4.92. The second-order valence-electron chi connectivity index (χ2n) is 5.23. The van der Waals surface area contributed by atoms with Crippen molar-refractivity contribution < 1.29 is 4.39 Å². The lowest BCUT2D eigenvalue weighted by molar-refractivity contribution is 0.154. The van der Waals surface area contributed by atoms with E-state index in [0.717, 1.165) is 25.2 Å². The summed E-state index contributed by atoms with van der Waals surface area (Å²) in [4.78, 5) is 2.36. The van der Waals surface area contributed by atoms with E-state index in [1.807, 2.05) is 0 Å². The lowest BCUT2D eigenvalue weighted by Gasteiger charge is -2.34. The van der Waals surface area contributed by atoms with Gasteiger partial charge in [0, 0.05) is 24.2 Å². The molecule has 0 bridgehead atoms. The van der Waals surface area contributed by atoms with Crippen LogP contribution in [-0.4, -0.2) is 24.0 Å². The fourth-order valence-corrected chi connectivity index (χ4v) is 2.78. The van der Waals surface area contributed by atoms with Gasteiger partial charge in [0.1, 0.15) is 5.82 Å². The molecule has 0 aliphatic carbocycles. The molecule has 2 rings (SSSR count). The quantitative estimate of drug-likeness (QED) is 0.926. The molecule has 2 atom stereocenters. The van der Waals surface area contributed by atoms with E-state index >= 15 is 0 Å². The van der Waals surface area contributed by atoms with Gasteiger partial charge in [-0.2, -0.15) is 0 Å². The lowest BCUT2D eigenvalue weighted by atomic mass is 9.92. The van der Waals surface area contributed by atoms with Crippen LogP contribution in [0, 0.1) is 11.7 Å². The Morgan fingerprint density at radius 2 is 2.26 bits per heavy atom. The molecule has 1 aromatic carbocycles. The van der Waals surface area contributed by atoms with E-state index in [-0.39, 0.29) is 24.3 Å². The second-order valence-corrected chi connectivity index (χ2v) is 5.64. The molecule has 1 aromatic rings. The Balaban J connectivity index is 0.00000180.